The van der Waals surface area contributed by atoms with E-state index in [-0.39, 0.29) is 12.0 Å². The van der Waals surface area contributed by atoms with Gasteiger partial charge in [0.15, 0.2) is 30.7 Å². The predicted octanol–water partition coefficient (Wildman–Crippen LogP) is -0.479. The number of aromatic nitrogens is 2. The van der Waals surface area contributed by atoms with Crippen molar-refractivity contribution in [2.24, 2.45) is 5.11 Å². The Bertz CT molecular complexity index is 1340. The number of azide groups is 1. The number of hydrogen-bond donors (Lipinski definition) is 1. The van der Waals surface area contributed by atoms with Crippen LogP contribution in [0.3, 0.4) is 0 Å². The summed E-state index contributed by atoms with van der Waals surface area (Å²) in [5.74, 6) is -3.58. The van der Waals surface area contributed by atoms with E-state index in [4.69, 9.17) is 38.7 Å². The number of H-pyrrole nitrogens is 1. The van der Waals surface area contributed by atoms with Crippen LogP contribution in [0.5, 0.6) is 0 Å². The minimum absolute atomic E-state index is 0.0256. The number of ether oxygens (including phenoxy) is 7. The van der Waals surface area contributed by atoms with E-state index in [1.54, 1.807) is 0 Å². The van der Waals surface area contributed by atoms with Gasteiger partial charge >= 0.3 is 29.6 Å². The van der Waals surface area contributed by atoms with Crippen LogP contribution in [0.4, 0.5) is 0 Å². The van der Waals surface area contributed by atoms with Gasteiger partial charge in [-0.3, -0.25) is 28.7 Å². The van der Waals surface area contributed by atoms with Gasteiger partial charge in [0.05, 0.1) is 25.9 Å². The van der Waals surface area contributed by atoms with Crippen molar-refractivity contribution in [3.05, 3.63) is 43.0 Å². The minimum atomic E-state index is -1.67. The fourth-order valence-corrected chi connectivity index (χ4v) is 4.43. The minimum Gasteiger partial charge on any atom is -0.467 e. The maximum Gasteiger partial charge on any atom is 0.339 e. The van der Waals surface area contributed by atoms with Crippen molar-refractivity contribution in [1.82, 2.24) is 9.55 Å². The molecule has 18 heteroatoms. The third kappa shape index (κ3) is 7.49. The van der Waals surface area contributed by atoms with E-state index < -0.39 is 90.8 Å². The molecule has 1 aromatic heterocycles. The molecule has 1 N–H and O–H groups in total. The molecule has 0 bridgehead atoms. The van der Waals surface area contributed by atoms with Gasteiger partial charge in [-0.05, 0) is 12.5 Å². The molecule has 2 aliphatic heterocycles. The first kappa shape index (κ1) is 31.3. The molecule has 1 aromatic rings. The molecule has 0 radical (unpaired) electrons. The largest absolute Gasteiger partial charge is 0.467 e. The van der Waals surface area contributed by atoms with Crippen LogP contribution in [0.25, 0.3) is 10.4 Å². The molecule has 224 valence electrons. The zero-order valence-electron chi connectivity index (χ0n) is 22.7. The fourth-order valence-electron chi connectivity index (χ4n) is 4.43. The summed E-state index contributed by atoms with van der Waals surface area (Å²) in [6.07, 6.45) is -8.58. The first-order chi connectivity index (χ1) is 19.4. The van der Waals surface area contributed by atoms with Gasteiger partial charge in [0, 0.05) is 43.9 Å². The summed E-state index contributed by atoms with van der Waals surface area (Å²) < 4.78 is 39.1. The summed E-state index contributed by atoms with van der Waals surface area (Å²) in [6, 6.07) is -0.866. The third-order valence-corrected chi connectivity index (χ3v) is 6.12. The van der Waals surface area contributed by atoms with Crippen LogP contribution in [0.15, 0.2) is 20.9 Å². The van der Waals surface area contributed by atoms with Gasteiger partial charge in [0.1, 0.15) is 6.23 Å². The summed E-state index contributed by atoms with van der Waals surface area (Å²) in [5.41, 5.74) is 7.97. The highest BCUT2D eigenvalue weighted by molar-refractivity contribution is 5.77. The lowest BCUT2D eigenvalue weighted by Crippen LogP contribution is -2.64. The lowest BCUT2D eigenvalue weighted by atomic mass is 9.97. The molecule has 0 aliphatic carbocycles. The molecule has 8 unspecified atom stereocenters. The number of carbonyl (C=O) groups excluding carboxylic acids is 4. The highest BCUT2D eigenvalue weighted by atomic mass is 16.7. The second-order valence-electron chi connectivity index (χ2n) is 9.12. The second-order valence-corrected chi connectivity index (χ2v) is 9.12. The molecule has 0 aromatic carbocycles. The van der Waals surface area contributed by atoms with E-state index in [1.807, 2.05) is 0 Å². The average Bonchev–Trinajstić information content (AvgIpc) is 3.28. The topological polar surface area (TPSA) is 237 Å². The predicted molar refractivity (Wildman–Crippen MR) is 131 cm³/mol. The van der Waals surface area contributed by atoms with Gasteiger partial charge < -0.3 is 33.2 Å². The van der Waals surface area contributed by atoms with Gasteiger partial charge in [-0.2, -0.15) is 0 Å². The number of hydrogen-bond acceptors (Lipinski definition) is 14. The van der Waals surface area contributed by atoms with E-state index in [0.717, 1.165) is 32.4 Å². The number of aryl methyl sites for hydroxylation is 1. The maximum atomic E-state index is 12.6. The number of rotatable bonds is 9. The first-order valence-corrected chi connectivity index (χ1v) is 12.2. The first-order valence-electron chi connectivity index (χ1n) is 12.2. The molecule has 2 aliphatic rings. The van der Waals surface area contributed by atoms with Gasteiger partial charge in [-0.15, -0.1) is 0 Å². The number of methoxy groups -OCH3 is 1. The fraction of sp³-hybridized carbons (Fsp3) is 0.652. The molecular weight excluding hydrogens is 554 g/mol. The standard InChI is InChI=1S/C23H29N5O13/c1-9-7-28(23(34)25-20(9)32)15-6-13(26-27-24)14(40-15)8-36-22-19(39-12(4)31)17(38-11(3)30)16(37-10(2)29)18(41-22)21(33)35-5/h7,13-19,22H,6,8H2,1-5H3,(H,25,32,34). The van der Waals surface area contributed by atoms with Gasteiger partial charge in [-0.1, -0.05) is 5.11 Å². The van der Waals surface area contributed by atoms with Crippen LogP contribution in [-0.2, 0) is 52.3 Å². The zero-order chi connectivity index (χ0) is 30.4. The Labute approximate surface area is 231 Å². The summed E-state index contributed by atoms with van der Waals surface area (Å²) in [4.78, 5) is 77.4. The molecule has 41 heavy (non-hydrogen) atoms. The van der Waals surface area contributed by atoms with Crippen LogP contribution >= 0.6 is 0 Å². The molecule has 2 fully saturated rings. The highest BCUT2D eigenvalue weighted by Crippen LogP contribution is 2.33. The Balaban J connectivity index is 1.91. The van der Waals surface area contributed by atoms with Crippen LogP contribution in [0.2, 0.25) is 0 Å². The van der Waals surface area contributed by atoms with Crippen molar-refractivity contribution in [2.45, 2.75) is 83.2 Å². The summed E-state index contributed by atoms with van der Waals surface area (Å²) in [7, 11) is 1.04. The van der Waals surface area contributed by atoms with Crippen LogP contribution < -0.4 is 11.2 Å². The lowest BCUT2D eigenvalue weighted by Gasteiger charge is -2.43. The van der Waals surface area contributed by atoms with Gasteiger partial charge in [0.25, 0.3) is 5.56 Å². The van der Waals surface area contributed by atoms with E-state index >= 15 is 0 Å². The molecular formula is C23H29N5O13. The molecule has 0 amide bonds. The van der Waals surface area contributed by atoms with E-state index in [1.165, 1.54) is 13.1 Å². The molecule has 3 heterocycles. The van der Waals surface area contributed by atoms with Crippen LogP contribution in [0, 0.1) is 6.92 Å². The number of nitrogens with zero attached hydrogens (tertiary/aromatic N) is 4. The third-order valence-electron chi connectivity index (χ3n) is 6.12. The summed E-state index contributed by atoms with van der Waals surface area (Å²) in [6.45, 7) is 4.23. The SMILES string of the molecule is COC(=O)C1OC(OCC2OC(n3cc(C)c(=O)[nH]c3=O)CC2N=[N+]=[N-])C(OC(C)=O)C(OC(C)=O)C1OC(C)=O. The van der Waals surface area contributed by atoms with Crippen molar-refractivity contribution in [1.29, 1.82) is 0 Å². The summed E-state index contributed by atoms with van der Waals surface area (Å²) in [5, 5.41) is 3.70. The smallest absolute Gasteiger partial charge is 0.339 e. The molecule has 2 saturated heterocycles. The molecule has 3 rings (SSSR count). The molecule has 8 atom stereocenters. The van der Waals surface area contributed by atoms with Gasteiger partial charge in [0.2, 0.25) is 0 Å². The van der Waals surface area contributed by atoms with Crippen molar-refractivity contribution in [3.63, 3.8) is 0 Å². The Morgan fingerprint density at radius 1 is 1.05 bits per heavy atom. The zero-order valence-corrected chi connectivity index (χ0v) is 22.7. The Morgan fingerprint density at radius 2 is 1.66 bits per heavy atom. The molecule has 0 spiro atoms. The van der Waals surface area contributed by atoms with E-state index in [0.29, 0.717) is 0 Å². The monoisotopic (exact) mass is 583 g/mol. The van der Waals surface area contributed by atoms with Crippen LogP contribution in [-0.4, -0.2) is 90.0 Å². The second kappa shape index (κ2) is 13.4. The maximum absolute atomic E-state index is 12.6. The molecule has 0 saturated carbocycles. The Kier molecular flexibility index (Phi) is 10.2. The lowest BCUT2D eigenvalue weighted by molar-refractivity contribution is -0.305. The average molecular weight is 584 g/mol. The number of nitrogens with one attached hydrogen (secondary N) is 1. The Hall–Kier alpha value is -4.25. The van der Waals surface area contributed by atoms with Crippen LogP contribution in [0.1, 0.15) is 39.0 Å². The highest BCUT2D eigenvalue weighted by Gasteiger charge is 2.55. The Morgan fingerprint density at radius 3 is 2.24 bits per heavy atom. The van der Waals surface area contributed by atoms with E-state index in [2.05, 4.69) is 15.0 Å². The van der Waals surface area contributed by atoms with Gasteiger partial charge in [-0.25, -0.2) is 9.59 Å². The van der Waals surface area contributed by atoms with E-state index in [9.17, 15) is 28.8 Å². The summed E-state index contributed by atoms with van der Waals surface area (Å²) >= 11 is 0. The number of carbonyl (C=O) groups is 4. The normalized spacial score (nSPS) is 29.1. The van der Waals surface area contributed by atoms with Crippen molar-refractivity contribution in [2.75, 3.05) is 13.7 Å². The number of aromatic amines is 1. The quantitative estimate of drug-likeness (QED) is 0.127. The number of esters is 4. The molecule has 18 nitrogen and oxygen atoms in total. The van der Waals surface area contributed by atoms with Crippen molar-refractivity contribution >= 4 is 23.9 Å². The van der Waals surface area contributed by atoms with Crippen molar-refractivity contribution < 1.29 is 52.3 Å². The van der Waals surface area contributed by atoms with Crippen molar-refractivity contribution in [3.8, 4) is 0 Å².